The van der Waals surface area contributed by atoms with E-state index in [2.05, 4.69) is 48.3 Å². The number of benzene rings is 2. The molecule has 0 spiro atoms. The Balaban J connectivity index is 1.97. The lowest BCUT2D eigenvalue weighted by Gasteiger charge is -2.02. The van der Waals surface area contributed by atoms with Crippen LogP contribution in [0.25, 0.3) is 11.3 Å². The first kappa shape index (κ1) is 12.0. The number of aromatic nitrogens is 1. The quantitative estimate of drug-likeness (QED) is 0.498. The topological polar surface area (TPSA) is 25.2 Å². The molecule has 0 N–H and O–H groups in total. The Morgan fingerprint density at radius 1 is 0.810 bits per heavy atom. The summed E-state index contributed by atoms with van der Waals surface area (Å²) in [5.41, 5.74) is 7.68. The number of aryl methyl sites for hydroxylation is 1. The summed E-state index contributed by atoms with van der Waals surface area (Å²) in [6.45, 7) is 2.09. The standard InChI is InChI=1S/C19H14N2/c1-13-6-4-7-14(12-13)21-19-16-9-3-2-8-15(16)18-17(19)10-5-11-20-18/h2-12H,1H3. The van der Waals surface area contributed by atoms with Crippen molar-refractivity contribution < 1.29 is 0 Å². The zero-order valence-electron chi connectivity index (χ0n) is 11.7. The Hall–Kier alpha value is -2.74. The molecule has 0 saturated heterocycles. The zero-order chi connectivity index (χ0) is 14.2. The van der Waals surface area contributed by atoms with Crippen LogP contribution in [0.5, 0.6) is 0 Å². The molecule has 1 heterocycles. The first-order valence-electron chi connectivity index (χ1n) is 7.03. The fourth-order valence-corrected chi connectivity index (χ4v) is 2.80. The maximum Gasteiger partial charge on any atom is 0.0810 e. The maximum atomic E-state index is 4.88. The van der Waals surface area contributed by atoms with E-state index >= 15 is 0 Å². The van der Waals surface area contributed by atoms with E-state index in [-0.39, 0.29) is 0 Å². The Bertz CT molecular complexity index is 815. The molecule has 0 unspecified atom stereocenters. The number of aliphatic imine (C=N–C) groups is 1. The Morgan fingerprint density at radius 3 is 2.48 bits per heavy atom. The monoisotopic (exact) mass is 270 g/mol. The molecule has 2 aromatic carbocycles. The van der Waals surface area contributed by atoms with Crippen molar-refractivity contribution in [1.82, 2.24) is 4.98 Å². The van der Waals surface area contributed by atoms with Gasteiger partial charge in [0.25, 0.3) is 0 Å². The van der Waals surface area contributed by atoms with E-state index in [1.165, 1.54) is 11.1 Å². The van der Waals surface area contributed by atoms with Gasteiger partial charge in [0.2, 0.25) is 0 Å². The van der Waals surface area contributed by atoms with Crippen LogP contribution in [0, 0.1) is 6.92 Å². The van der Waals surface area contributed by atoms with Crippen LogP contribution in [0.3, 0.4) is 0 Å². The molecular weight excluding hydrogens is 256 g/mol. The number of hydrogen-bond acceptors (Lipinski definition) is 2. The van der Waals surface area contributed by atoms with Crippen LogP contribution in [-0.2, 0) is 0 Å². The molecule has 2 nitrogen and oxygen atoms in total. The minimum absolute atomic E-state index is 0.983. The lowest BCUT2D eigenvalue weighted by Crippen LogP contribution is -1.97. The summed E-state index contributed by atoms with van der Waals surface area (Å²) >= 11 is 0. The number of rotatable bonds is 1. The number of nitrogens with zero attached hydrogens (tertiary/aromatic N) is 2. The third-order valence-electron chi connectivity index (χ3n) is 3.74. The predicted octanol–water partition coefficient (Wildman–Crippen LogP) is 4.54. The van der Waals surface area contributed by atoms with Gasteiger partial charge in [-0.25, -0.2) is 4.99 Å². The van der Waals surface area contributed by atoms with Gasteiger partial charge >= 0.3 is 0 Å². The summed E-state index contributed by atoms with van der Waals surface area (Å²) in [5.74, 6) is 0. The summed E-state index contributed by atoms with van der Waals surface area (Å²) in [7, 11) is 0. The molecule has 0 radical (unpaired) electrons. The molecule has 2 heteroatoms. The molecule has 0 bridgehead atoms. The van der Waals surface area contributed by atoms with Crippen molar-refractivity contribution in [2.45, 2.75) is 6.92 Å². The first-order chi connectivity index (χ1) is 10.3. The largest absolute Gasteiger partial charge is 0.256 e. The molecular formula is C19H14N2. The third-order valence-corrected chi connectivity index (χ3v) is 3.74. The SMILES string of the molecule is Cc1cccc(N=C2c3ccccc3-c3ncccc32)c1. The van der Waals surface area contributed by atoms with Gasteiger partial charge in [-0.3, -0.25) is 4.98 Å². The van der Waals surface area contributed by atoms with Gasteiger partial charge in [0, 0.05) is 22.9 Å². The van der Waals surface area contributed by atoms with E-state index in [1.807, 2.05) is 30.5 Å². The van der Waals surface area contributed by atoms with Gasteiger partial charge in [0.1, 0.15) is 0 Å². The molecule has 0 amide bonds. The van der Waals surface area contributed by atoms with Crippen LogP contribution in [0.4, 0.5) is 5.69 Å². The molecule has 0 aliphatic heterocycles. The van der Waals surface area contributed by atoms with E-state index in [0.717, 1.165) is 28.2 Å². The molecule has 21 heavy (non-hydrogen) atoms. The molecule has 1 aliphatic carbocycles. The van der Waals surface area contributed by atoms with Gasteiger partial charge in [-0.05, 0) is 36.8 Å². The number of fused-ring (bicyclic) bond motifs is 3. The summed E-state index contributed by atoms with van der Waals surface area (Å²) in [6, 6.07) is 20.7. The van der Waals surface area contributed by atoms with Gasteiger partial charge in [0.15, 0.2) is 0 Å². The van der Waals surface area contributed by atoms with Crippen LogP contribution in [-0.4, -0.2) is 10.7 Å². The summed E-state index contributed by atoms with van der Waals surface area (Å²) in [6.07, 6.45) is 1.84. The summed E-state index contributed by atoms with van der Waals surface area (Å²) < 4.78 is 0. The highest BCUT2D eigenvalue weighted by atomic mass is 14.8. The second-order valence-corrected chi connectivity index (χ2v) is 5.24. The van der Waals surface area contributed by atoms with Gasteiger partial charge in [-0.2, -0.15) is 0 Å². The number of pyridine rings is 1. The normalized spacial score (nSPS) is 14.0. The lowest BCUT2D eigenvalue weighted by atomic mass is 10.1. The molecule has 0 fully saturated rings. The molecule has 1 aromatic heterocycles. The fourth-order valence-electron chi connectivity index (χ4n) is 2.80. The van der Waals surface area contributed by atoms with Crippen LogP contribution in [0.15, 0.2) is 71.9 Å². The predicted molar refractivity (Wildman–Crippen MR) is 86.2 cm³/mol. The smallest absolute Gasteiger partial charge is 0.0810 e. The molecule has 100 valence electrons. The average Bonchev–Trinajstić information content (AvgIpc) is 2.83. The Labute approximate surface area is 123 Å². The van der Waals surface area contributed by atoms with Crippen LogP contribution in [0.2, 0.25) is 0 Å². The first-order valence-corrected chi connectivity index (χ1v) is 7.03. The van der Waals surface area contributed by atoms with Gasteiger partial charge in [-0.15, -0.1) is 0 Å². The van der Waals surface area contributed by atoms with Gasteiger partial charge in [0.05, 0.1) is 17.1 Å². The van der Waals surface area contributed by atoms with Crippen LogP contribution in [0.1, 0.15) is 16.7 Å². The second kappa shape index (κ2) is 4.67. The summed E-state index contributed by atoms with van der Waals surface area (Å²) in [5, 5.41) is 0. The van der Waals surface area contributed by atoms with Crippen molar-refractivity contribution in [3.05, 3.63) is 83.6 Å². The second-order valence-electron chi connectivity index (χ2n) is 5.24. The number of hydrogen-bond donors (Lipinski definition) is 0. The van der Waals surface area contributed by atoms with E-state index in [0.29, 0.717) is 0 Å². The van der Waals surface area contributed by atoms with Crippen molar-refractivity contribution in [1.29, 1.82) is 0 Å². The Morgan fingerprint density at radius 2 is 1.62 bits per heavy atom. The highest BCUT2D eigenvalue weighted by Gasteiger charge is 2.25. The van der Waals surface area contributed by atoms with Crippen molar-refractivity contribution >= 4 is 11.4 Å². The zero-order valence-corrected chi connectivity index (χ0v) is 11.7. The molecule has 3 aromatic rings. The van der Waals surface area contributed by atoms with E-state index in [1.54, 1.807) is 0 Å². The van der Waals surface area contributed by atoms with E-state index < -0.39 is 0 Å². The maximum absolute atomic E-state index is 4.88. The van der Waals surface area contributed by atoms with Crippen LogP contribution >= 0.6 is 0 Å². The van der Waals surface area contributed by atoms with Crippen molar-refractivity contribution in [3.63, 3.8) is 0 Å². The van der Waals surface area contributed by atoms with Crippen molar-refractivity contribution in [2.24, 2.45) is 4.99 Å². The highest BCUT2D eigenvalue weighted by Crippen LogP contribution is 2.36. The summed E-state index contributed by atoms with van der Waals surface area (Å²) in [4.78, 5) is 9.41. The third kappa shape index (κ3) is 1.96. The minimum atomic E-state index is 0.983. The van der Waals surface area contributed by atoms with Gasteiger partial charge < -0.3 is 0 Å². The Kier molecular flexibility index (Phi) is 2.68. The molecule has 0 atom stereocenters. The van der Waals surface area contributed by atoms with Crippen LogP contribution < -0.4 is 0 Å². The minimum Gasteiger partial charge on any atom is -0.256 e. The molecule has 1 aliphatic rings. The highest BCUT2D eigenvalue weighted by molar-refractivity contribution is 6.24. The van der Waals surface area contributed by atoms with Crippen molar-refractivity contribution in [2.75, 3.05) is 0 Å². The average molecular weight is 270 g/mol. The van der Waals surface area contributed by atoms with E-state index in [9.17, 15) is 0 Å². The molecule has 0 saturated carbocycles. The molecule has 4 rings (SSSR count). The van der Waals surface area contributed by atoms with Crippen molar-refractivity contribution in [3.8, 4) is 11.3 Å². The van der Waals surface area contributed by atoms with E-state index in [4.69, 9.17) is 4.99 Å². The van der Waals surface area contributed by atoms with Gasteiger partial charge in [-0.1, -0.05) is 36.4 Å². The fraction of sp³-hybridized carbons (Fsp3) is 0.0526. The lowest BCUT2D eigenvalue weighted by molar-refractivity contribution is 1.33.